The quantitative estimate of drug-likeness (QED) is 0.824. The minimum atomic E-state index is -0.0137. The van der Waals surface area contributed by atoms with Crippen molar-refractivity contribution in [3.8, 4) is 5.75 Å². The van der Waals surface area contributed by atoms with E-state index < -0.39 is 0 Å². The number of ether oxygens (including phenoxy) is 1. The van der Waals surface area contributed by atoms with Gasteiger partial charge in [-0.05, 0) is 30.5 Å². The highest BCUT2D eigenvalue weighted by molar-refractivity contribution is 6.04. The van der Waals surface area contributed by atoms with E-state index in [1.807, 2.05) is 36.4 Å². The topological polar surface area (TPSA) is 21.3 Å². The summed E-state index contributed by atoms with van der Waals surface area (Å²) in [7, 11) is 5.62. The lowest BCUT2D eigenvalue weighted by atomic mass is 10.1. The minimum absolute atomic E-state index is 0.0137. The Morgan fingerprint density at radius 1 is 1.00 bits per heavy atom. The van der Waals surface area contributed by atoms with Crippen LogP contribution in [0.2, 0.25) is 0 Å². The molecule has 2 aromatic rings. The number of rotatable bonds is 5. The van der Waals surface area contributed by atoms with Crippen LogP contribution in [0.5, 0.6) is 5.75 Å². The molecule has 0 aliphatic heterocycles. The third-order valence-corrected chi connectivity index (χ3v) is 3.21. The molecule has 0 aliphatic carbocycles. The fourth-order valence-corrected chi connectivity index (χ4v) is 2.12. The summed E-state index contributed by atoms with van der Waals surface area (Å²) in [6.45, 7) is 4.61. The number of hydrogen-bond donors (Lipinski definition) is 1. The molecule has 96 valence electrons. The van der Waals surface area contributed by atoms with Crippen molar-refractivity contribution in [1.82, 2.24) is 5.23 Å². The molecule has 3 heteroatoms. The predicted molar refractivity (Wildman–Crippen MR) is 79.5 cm³/mol. The summed E-state index contributed by atoms with van der Waals surface area (Å²) in [5, 5.41) is 2.80. The Morgan fingerprint density at radius 3 is 2.21 bits per heavy atom. The molecule has 0 aromatic heterocycles. The van der Waals surface area contributed by atoms with Gasteiger partial charge in [0.1, 0.15) is 12.4 Å². The maximum absolute atomic E-state index is 5.93. The van der Waals surface area contributed by atoms with Crippen LogP contribution < -0.4 is 9.96 Å². The van der Waals surface area contributed by atoms with E-state index in [0.29, 0.717) is 6.61 Å². The van der Waals surface area contributed by atoms with Gasteiger partial charge in [-0.1, -0.05) is 48.5 Å². The van der Waals surface area contributed by atoms with Crippen molar-refractivity contribution in [2.45, 2.75) is 19.9 Å². The summed E-state index contributed by atoms with van der Waals surface area (Å²) in [5.74, 6) is 0.943. The summed E-state index contributed by atoms with van der Waals surface area (Å²) in [4.78, 5) is 0. The van der Waals surface area contributed by atoms with E-state index >= 15 is 0 Å². The maximum Gasteiger partial charge on any atom is 0.178 e. The molecule has 2 radical (unpaired) electrons. The van der Waals surface area contributed by atoms with Crippen LogP contribution in [0, 0.1) is 13.8 Å². The van der Waals surface area contributed by atoms with Gasteiger partial charge in [-0.3, -0.25) is 0 Å². The van der Waals surface area contributed by atoms with Crippen LogP contribution in [0.4, 0.5) is 0 Å². The second-order valence-electron chi connectivity index (χ2n) is 4.66. The van der Waals surface area contributed by atoms with Crippen LogP contribution >= 0.6 is 0 Å². The van der Waals surface area contributed by atoms with Gasteiger partial charge < -0.3 is 9.96 Å². The molecule has 2 rings (SSSR count). The van der Waals surface area contributed by atoms with Gasteiger partial charge in [-0.2, -0.15) is 0 Å². The van der Waals surface area contributed by atoms with E-state index in [1.165, 1.54) is 0 Å². The fraction of sp³-hybridized carbons (Fsp3) is 0.250. The first-order valence-corrected chi connectivity index (χ1v) is 6.42. The molecule has 0 aliphatic rings. The average molecular weight is 251 g/mol. The normalized spacial score (nSPS) is 12.1. The van der Waals surface area contributed by atoms with Crippen molar-refractivity contribution in [1.29, 1.82) is 0 Å². The van der Waals surface area contributed by atoms with Crippen molar-refractivity contribution < 1.29 is 4.74 Å². The SMILES string of the molecule is [B]NC(COc1c(C)cccc1C)c1ccccc1. The van der Waals surface area contributed by atoms with Gasteiger partial charge >= 0.3 is 0 Å². The Balaban J connectivity index is 2.09. The minimum Gasteiger partial charge on any atom is -0.491 e. The van der Waals surface area contributed by atoms with E-state index in [9.17, 15) is 0 Å². The maximum atomic E-state index is 5.93. The molecule has 0 amide bonds. The van der Waals surface area contributed by atoms with Gasteiger partial charge in [0.25, 0.3) is 0 Å². The summed E-state index contributed by atoms with van der Waals surface area (Å²) < 4.78 is 5.93. The highest BCUT2D eigenvalue weighted by atomic mass is 16.5. The monoisotopic (exact) mass is 251 g/mol. The molecule has 0 saturated heterocycles. The van der Waals surface area contributed by atoms with Crippen LogP contribution in [0.25, 0.3) is 0 Å². The first-order valence-electron chi connectivity index (χ1n) is 6.42. The molecular formula is C16H18BNO. The first-order chi connectivity index (χ1) is 9.22. The second-order valence-corrected chi connectivity index (χ2v) is 4.66. The molecule has 1 atom stereocenters. The number of aryl methyl sites for hydroxylation is 2. The zero-order valence-corrected chi connectivity index (χ0v) is 11.4. The van der Waals surface area contributed by atoms with Gasteiger partial charge in [0.2, 0.25) is 0 Å². The van der Waals surface area contributed by atoms with E-state index in [-0.39, 0.29) is 6.04 Å². The molecule has 0 saturated carbocycles. The largest absolute Gasteiger partial charge is 0.491 e. The van der Waals surface area contributed by atoms with Crippen LogP contribution in [-0.2, 0) is 0 Å². The lowest BCUT2D eigenvalue weighted by molar-refractivity contribution is 0.279. The first kappa shape index (κ1) is 13.7. The van der Waals surface area contributed by atoms with Gasteiger partial charge in [0, 0.05) is 0 Å². The second kappa shape index (κ2) is 6.44. The van der Waals surface area contributed by atoms with Crippen molar-refractivity contribution in [2.75, 3.05) is 6.61 Å². The molecule has 2 nitrogen and oxygen atoms in total. The van der Waals surface area contributed by atoms with Crippen molar-refractivity contribution >= 4 is 7.98 Å². The molecule has 2 aromatic carbocycles. The van der Waals surface area contributed by atoms with E-state index in [4.69, 9.17) is 12.7 Å². The average Bonchev–Trinajstić information content (AvgIpc) is 2.43. The Morgan fingerprint density at radius 2 is 1.63 bits per heavy atom. The van der Waals surface area contributed by atoms with Crippen LogP contribution in [0.3, 0.4) is 0 Å². The third-order valence-electron chi connectivity index (χ3n) is 3.21. The Labute approximate surface area is 116 Å². The molecule has 0 fully saturated rings. The van der Waals surface area contributed by atoms with Crippen molar-refractivity contribution in [3.63, 3.8) is 0 Å². The van der Waals surface area contributed by atoms with Gasteiger partial charge in [0.05, 0.1) is 6.04 Å². The van der Waals surface area contributed by atoms with E-state index in [1.54, 1.807) is 0 Å². The standard InChI is InChI=1S/C16H18BNO/c1-12-7-6-8-13(2)16(12)19-11-15(18-17)14-9-4-3-5-10-14/h3-10,15,18H,11H2,1-2H3. The molecule has 0 heterocycles. The number of hydrogen-bond acceptors (Lipinski definition) is 2. The number of para-hydroxylation sites is 1. The van der Waals surface area contributed by atoms with Gasteiger partial charge in [0.15, 0.2) is 7.98 Å². The molecule has 0 bridgehead atoms. The van der Waals surface area contributed by atoms with Gasteiger partial charge in [-0.15, -0.1) is 0 Å². The highest BCUT2D eigenvalue weighted by Gasteiger charge is 2.11. The summed E-state index contributed by atoms with van der Waals surface area (Å²) in [5.41, 5.74) is 3.41. The predicted octanol–water partition coefficient (Wildman–Crippen LogP) is 3.10. The molecule has 1 unspecified atom stereocenters. The molecule has 0 spiro atoms. The lowest BCUT2D eigenvalue weighted by Crippen LogP contribution is -2.24. The van der Waals surface area contributed by atoms with Crippen LogP contribution in [0.15, 0.2) is 48.5 Å². The lowest BCUT2D eigenvalue weighted by Gasteiger charge is -2.19. The Kier molecular flexibility index (Phi) is 4.64. The number of nitrogens with one attached hydrogen (secondary N) is 1. The molecular weight excluding hydrogens is 233 g/mol. The third kappa shape index (κ3) is 3.39. The zero-order valence-electron chi connectivity index (χ0n) is 11.4. The Bertz CT molecular complexity index is 507. The molecule has 1 N–H and O–H groups in total. The summed E-state index contributed by atoms with van der Waals surface area (Å²) in [6, 6.07) is 16.2. The highest BCUT2D eigenvalue weighted by Crippen LogP contribution is 2.24. The summed E-state index contributed by atoms with van der Waals surface area (Å²) >= 11 is 0. The van der Waals surface area contributed by atoms with Crippen molar-refractivity contribution in [3.05, 3.63) is 65.2 Å². The van der Waals surface area contributed by atoms with Crippen LogP contribution in [0.1, 0.15) is 22.7 Å². The van der Waals surface area contributed by atoms with E-state index in [2.05, 4.69) is 31.2 Å². The summed E-state index contributed by atoms with van der Waals surface area (Å²) in [6.07, 6.45) is 0. The fourth-order valence-electron chi connectivity index (χ4n) is 2.12. The number of benzene rings is 2. The Hall–Kier alpha value is -1.74. The zero-order chi connectivity index (χ0) is 13.7. The van der Waals surface area contributed by atoms with Gasteiger partial charge in [-0.25, -0.2) is 0 Å². The molecule has 19 heavy (non-hydrogen) atoms. The smallest absolute Gasteiger partial charge is 0.178 e. The van der Waals surface area contributed by atoms with E-state index in [0.717, 1.165) is 22.4 Å². The van der Waals surface area contributed by atoms with Crippen molar-refractivity contribution in [2.24, 2.45) is 0 Å². The van der Waals surface area contributed by atoms with Crippen LogP contribution in [-0.4, -0.2) is 14.6 Å².